The number of carbonyl (C=O) groups excluding carboxylic acids is 1. The lowest BCUT2D eigenvalue weighted by atomic mass is 10.1. The Hall–Kier alpha value is -2.97. The molecule has 7 nitrogen and oxygen atoms in total. The summed E-state index contributed by atoms with van der Waals surface area (Å²) < 4.78 is 36.8. The molecule has 0 radical (unpaired) electrons. The van der Waals surface area contributed by atoms with Gasteiger partial charge in [-0.25, -0.2) is 17.5 Å². The molecule has 0 saturated heterocycles. The van der Waals surface area contributed by atoms with Crippen molar-refractivity contribution in [3.63, 3.8) is 0 Å². The first kappa shape index (κ1) is 20.8. The van der Waals surface area contributed by atoms with Crippen molar-refractivity contribution in [1.82, 2.24) is 9.29 Å². The first-order chi connectivity index (χ1) is 13.7. The molecule has 1 unspecified atom stereocenters. The molecular weight excluding hydrogens is 392 g/mol. The van der Waals surface area contributed by atoms with Gasteiger partial charge in [0.15, 0.2) is 0 Å². The molecule has 0 saturated carbocycles. The third-order valence-electron chi connectivity index (χ3n) is 4.52. The lowest BCUT2D eigenvalue weighted by Gasteiger charge is -2.17. The number of para-hydroxylation sites is 1. The largest absolute Gasteiger partial charge is 0.495 e. The van der Waals surface area contributed by atoms with E-state index in [9.17, 15) is 13.2 Å². The van der Waals surface area contributed by atoms with E-state index < -0.39 is 22.1 Å². The summed E-state index contributed by atoms with van der Waals surface area (Å²) in [6.07, 6.45) is 1.10. The Morgan fingerprint density at radius 2 is 1.83 bits per heavy atom. The topological polar surface area (TPSA) is 85.8 Å². The van der Waals surface area contributed by atoms with Crippen LogP contribution in [0.15, 0.2) is 59.6 Å². The third-order valence-corrected chi connectivity index (χ3v) is 6.36. The van der Waals surface area contributed by atoms with Gasteiger partial charge in [0.2, 0.25) is 10.0 Å². The van der Waals surface area contributed by atoms with Gasteiger partial charge < -0.3 is 9.47 Å². The van der Waals surface area contributed by atoms with Gasteiger partial charge in [0, 0.05) is 31.2 Å². The minimum atomic E-state index is -3.79. The van der Waals surface area contributed by atoms with Crippen molar-refractivity contribution < 1.29 is 22.7 Å². The second kappa shape index (κ2) is 8.18. The van der Waals surface area contributed by atoms with E-state index in [1.54, 1.807) is 13.1 Å². The van der Waals surface area contributed by atoms with Crippen LogP contribution < -0.4 is 4.74 Å². The highest BCUT2D eigenvalue weighted by Gasteiger charge is 2.25. The molecule has 0 fully saturated rings. The number of esters is 1. The number of hydrogen-bond donors (Lipinski definition) is 0. The van der Waals surface area contributed by atoms with Gasteiger partial charge in [0.05, 0.1) is 18.2 Å². The molecule has 1 atom stereocenters. The van der Waals surface area contributed by atoms with E-state index in [-0.39, 0.29) is 16.2 Å². The Morgan fingerprint density at radius 3 is 2.52 bits per heavy atom. The van der Waals surface area contributed by atoms with Gasteiger partial charge in [-0.3, -0.25) is 4.98 Å². The number of methoxy groups -OCH3 is 1. The molecule has 0 amide bonds. The first-order valence-electron chi connectivity index (χ1n) is 8.90. The molecule has 152 valence electrons. The van der Waals surface area contributed by atoms with E-state index in [4.69, 9.17) is 9.47 Å². The second-order valence-electron chi connectivity index (χ2n) is 6.66. The van der Waals surface area contributed by atoms with E-state index in [0.29, 0.717) is 0 Å². The van der Waals surface area contributed by atoms with Crippen LogP contribution >= 0.6 is 0 Å². The summed E-state index contributed by atoms with van der Waals surface area (Å²) in [5, 5.41) is 0.941. The summed E-state index contributed by atoms with van der Waals surface area (Å²) in [4.78, 5) is 16.9. The summed E-state index contributed by atoms with van der Waals surface area (Å²) in [6, 6.07) is 13.7. The number of rotatable bonds is 6. The van der Waals surface area contributed by atoms with E-state index in [0.717, 1.165) is 20.8 Å². The number of fused-ring (bicyclic) bond motifs is 1. The van der Waals surface area contributed by atoms with E-state index >= 15 is 0 Å². The molecule has 0 aliphatic rings. The van der Waals surface area contributed by atoms with Crippen molar-refractivity contribution >= 4 is 26.9 Å². The van der Waals surface area contributed by atoms with Crippen molar-refractivity contribution in [1.29, 1.82) is 0 Å². The highest BCUT2D eigenvalue weighted by molar-refractivity contribution is 7.89. The molecule has 1 heterocycles. The van der Waals surface area contributed by atoms with Gasteiger partial charge in [-0.05, 0) is 37.3 Å². The summed E-state index contributed by atoms with van der Waals surface area (Å²) >= 11 is 0. The number of benzene rings is 2. The highest BCUT2D eigenvalue weighted by Crippen LogP contribution is 2.28. The molecule has 1 aromatic heterocycles. The van der Waals surface area contributed by atoms with Crippen molar-refractivity contribution in [2.75, 3.05) is 21.2 Å². The SMILES string of the molecule is COc1ccc(C(=O)OC(C)c2cnc3ccccc3c2)cc1S(=O)(=O)N(C)C. The molecule has 0 spiro atoms. The molecule has 8 heteroatoms. The number of ether oxygens (including phenoxy) is 2. The summed E-state index contributed by atoms with van der Waals surface area (Å²) in [6.45, 7) is 1.74. The quantitative estimate of drug-likeness (QED) is 0.575. The van der Waals surface area contributed by atoms with Gasteiger partial charge >= 0.3 is 5.97 Å². The Balaban J connectivity index is 1.88. The zero-order valence-corrected chi connectivity index (χ0v) is 17.4. The fourth-order valence-electron chi connectivity index (χ4n) is 2.81. The van der Waals surface area contributed by atoms with Gasteiger partial charge in [0.1, 0.15) is 16.7 Å². The van der Waals surface area contributed by atoms with Gasteiger partial charge in [0.25, 0.3) is 0 Å². The fourth-order valence-corrected chi connectivity index (χ4v) is 3.88. The van der Waals surface area contributed by atoms with E-state index in [2.05, 4.69) is 4.98 Å². The Labute approximate surface area is 169 Å². The Bertz CT molecular complexity index is 1160. The number of aromatic nitrogens is 1. The lowest BCUT2D eigenvalue weighted by Crippen LogP contribution is -2.23. The zero-order valence-electron chi connectivity index (χ0n) is 16.6. The van der Waals surface area contributed by atoms with Gasteiger partial charge in [-0.15, -0.1) is 0 Å². The Kier molecular flexibility index (Phi) is 5.86. The maximum atomic E-state index is 12.6. The molecule has 0 N–H and O–H groups in total. The maximum Gasteiger partial charge on any atom is 0.338 e. The van der Waals surface area contributed by atoms with E-state index in [1.165, 1.54) is 39.4 Å². The normalized spacial score (nSPS) is 12.7. The van der Waals surface area contributed by atoms with Gasteiger partial charge in [-0.2, -0.15) is 0 Å². The average molecular weight is 414 g/mol. The highest BCUT2D eigenvalue weighted by atomic mass is 32.2. The molecule has 29 heavy (non-hydrogen) atoms. The third kappa shape index (κ3) is 4.23. The number of hydrogen-bond acceptors (Lipinski definition) is 6. The van der Waals surface area contributed by atoms with Crippen LogP contribution in [0.5, 0.6) is 5.75 Å². The zero-order chi connectivity index (χ0) is 21.2. The molecule has 3 rings (SSSR count). The standard InChI is InChI=1S/C21H22N2O5S/c1-14(17-11-15-7-5-6-8-18(15)22-13-17)28-21(24)16-9-10-19(27-4)20(12-16)29(25,26)23(2)3/h5-14H,1-4H3. The van der Waals surface area contributed by atoms with Gasteiger partial charge in [-0.1, -0.05) is 18.2 Å². The van der Waals surface area contributed by atoms with E-state index in [1.807, 2.05) is 30.3 Å². The summed E-state index contributed by atoms with van der Waals surface area (Å²) in [7, 11) is 0.404. The maximum absolute atomic E-state index is 12.6. The van der Waals surface area contributed by atoms with Crippen LogP contribution in [0, 0.1) is 0 Å². The Morgan fingerprint density at radius 1 is 1.10 bits per heavy atom. The molecule has 0 bridgehead atoms. The molecule has 2 aromatic carbocycles. The van der Waals surface area contributed by atoms with Crippen molar-refractivity contribution in [2.24, 2.45) is 0 Å². The lowest BCUT2D eigenvalue weighted by molar-refractivity contribution is 0.0337. The molecular formula is C21H22N2O5S. The minimum Gasteiger partial charge on any atom is -0.495 e. The van der Waals surface area contributed by atoms with Crippen molar-refractivity contribution in [3.8, 4) is 5.75 Å². The number of nitrogens with zero attached hydrogens (tertiary/aromatic N) is 2. The predicted molar refractivity (Wildman–Crippen MR) is 109 cm³/mol. The fraction of sp³-hybridized carbons (Fsp3) is 0.238. The summed E-state index contributed by atoms with van der Waals surface area (Å²) in [5.74, 6) is -0.481. The average Bonchev–Trinajstić information content (AvgIpc) is 2.72. The van der Waals surface area contributed by atoms with Crippen molar-refractivity contribution in [3.05, 3.63) is 65.9 Å². The van der Waals surface area contributed by atoms with Crippen LogP contribution in [0.4, 0.5) is 0 Å². The second-order valence-corrected chi connectivity index (χ2v) is 8.78. The monoisotopic (exact) mass is 414 g/mol. The first-order valence-corrected chi connectivity index (χ1v) is 10.3. The smallest absolute Gasteiger partial charge is 0.338 e. The number of sulfonamides is 1. The van der Waals surface area contributed by atoms with Crippen LogP contribution in [0.2, 0.25) is 0 Å². The van der Waals surface area contributed by atoms with Crippen LogP contribution in [-0.2, 0) is 14.8 Å². The van der Waals surface area contributed by atoms with Crippen LogP contribution in [0.25, 0.3) is 10.9 Å². The van der Waals surface area contributed by atoms with Crippen LogP contribution in [-0.4, -0.2) is 44.9 Å². The number of carbonyl (C=O) groups is 1. The predicted octanol–water partition coefficient (Wildman–Crippen LogP) is 3.41. The molecule has 0 aliphatic carbocycles. The van der Waals surface area contributed by atoms with Crippen LogP contribution in [0.1, 0.15) is 28.9 Å². The molecule has 0 aliphatic heterocycles. The van der Waals surface area contributed by atoms with Crippen molar-refractivity contribution in [2.45, 2.75) is 17.9 Å². The van der Waals surface area contributed by atoms with Crippen LogP contribution in [0.3, 0.4) is 0 Å². The number of pyridine rings is 1. The summed E-state index contributed by atoms with van der Waals surface area (Å²) in [5.41, 5.74) is 1.71. The minimum absolute atomic E-state index is 0.0977. The molecule has 3 aromatic rings.